The van der Waals surface area contributed by atoms with Crippen LogP contribution in [0.1, 0.15) is 35.6 Å². The van der Waals surface area contributed by atoms with E-state index in [0.717, 1.165) is 18.8 Å². The summed E-state index contributed by atoms with van der Waals surface area (Å²) in [7, 11) is 0. The minimum atomic E-state index is -0.524. The Morgan fingerprint density at radius 2 is 2.35 bits per heavy atom. The minimum absolute atomic E-state index is 0.105. The first kappa shape index (κ1) is 16.6. The van der Waals surface area contributed by atoms with Crippen molar-refractivity contribution in [2.24, 2.45) is 5.92 Å². The molecular formula is C17H19FN6O2. The second-order valence-corrected chi connectivity index (χ2v) is 6.27. The highest BCUT2D eigenvalue weighted by Gasteiger charge is 2.33. The lowest BCUT2D eigenvalue weighted by molar-refractivity contribution is 0.0774. The summed E-state index contributed by atoms with van der Waals surface area (Å²) in [6.07, 6.45) is 4.33. The number of hydrogen-bond acceptors (Lipinski definition) is 5. The molecule has 1 saturated heterocycles. The standard InChI is InChI=1S/C17H19FN6O2/c1-2-24-5-4-19-16(24)15-10(3-6-26-15)9-20-17(25)12-7-11(18)8-13-14(12)22-23-21-13/h4-5,7-8,10,15H,2-3,6,9H2,1H3,(H,20,25)(H,21,22,23)/t10-,15+/m0/s1. The third kappa shape index (κ3) is 2.94. The number of hydrogen-bond donors (Lipinski definition) is 2. The predicted octanol–water partition coefficient (Wildman–Crippen LogP) is 1.82. The molecule has 0 radical (unpaired) electrons. The van der Waals surface area contributed by atoms with Gasteiger partial charge in [-0.05, 0) is 19.4 Å². The number of H-pyrrole nitrogens is 1. The summed E-state index contributed by atoms with van der Waals surface area (Å²) in [6, 6.07) is 2.41. The van der Waals surface area contributed by atoms with Gasteiger partial charge in [-0.3, -0.25) is 4.79 Å². The van der Waals surface area contributed by atoms with Gasteiger partial charge in [0.1, 0.15) is 28.8 Å². The SMILES string of the molecule is CCn1ccnc1[C@@H]1OCC[C@H]1CNC(=O)c1cc(F)cc2n[nH]nc12. The summed E-state index contributed by atoms with van der Waals surface area (Å²) < 4.78 is 21.6. The van der Waals surface area contributed by atoms with Gasteiger partial charge < -0.3 is 14.6 Å². The van der Waals surface area contributed by atoms with Gasteiger partial charge in [-0.15, -0.1) is 0 Å². The van der Waals surface area contributed by atoms with E-state index >= 15 is 0 Å². The van der Waals surface area contributed by atoms with Gasteiger partial charge in [0, 0.05) is 44.1 Å². The van der Waals surface area contributed by atoms with E-state index in [0.29, 0.717) is 24.2 Å². The highest BCUT2D eigenvalue weighted by molar-refractivity contribution is 6.04. The third-order valence-corrected chi connectivity index (χ3v) is 4.71. The van der Waals surface area contributed by atoms with Gasteiger partial charge in [-0.2, -0.15) is 15.4 Å². The van der Waals surface area contributed by atoms with Crippen LogP contribution in [0.15, 0.2) is 24.5 Å². The fraction of sp³-hybridized carbons (Fsp3) is 0.412. The van der Waals surface area contributed by atoms with Gasteiger partial charge in [-0.25, -0.2) is 9.37 Å². The molecule has 1 amide bonds. The van der Waals surface area contributed by atoms with Crippen LogP contribution in [0.2, 0.25) is 0 Å². The zero-order chi connectivity index (χ0) is 18.1. The normalized spacial score (nSPS) is 19.9. The van der Waals surface area contributed by atoms with Crippen molar-refractivity contribution in [2.75, 3.05) is 13.2 Å². The summed E-state index contributed by atoms with van der Waals surface area (Å²) in [5.74, 6) is 0.0680. The van der Waals surface area contributed by atoms with E-state index in [9.17, 15) is 9.18 Å². The zero-order valence-corrected chi connectivity index (χ0v) is 14.3. The van der Waals surface area contributed by atoms with Crippen molar-refractivity contribution in [3.63, 3.8) is 0 Å². The molecule has 0 unspecified atom stereocenters. The van der Waals surface area contributed by atoms with Crippen LogP contribution in [0.4, 0.5) is 4.39 Å². The van der Waals surface area contributed by atoms with Crippen molar-refractivity contribution in [3.8, 4) is 0 Å². The zero-order valence-electron chi connectivity index (χ0n) is 14.3. The van der Waals surface area contributed by atoms with Gasteiger partial charge in [0.15, 0.2) is 0 Å². The monoisotopic (exact) mass is 358 g/mol. The van der Waals surface area contributed by atoms with Crippen molar-refractivity contribution in [3.05, 3.63) is 41.7 Å². The number of imidazole rings is 1. The van der Waals surface area contributed by atoms with Crippen LogP contribution in [-0.2, 0) is 11.3 Å². The van der Waals surface area contributed by atoms with Crippen molar-refractivity contribution < 1.29 is 13.9 Å². The summed E-state index contributed by atoms with van der Waals surface area (Å²) in [4.78, 5) is 17.0. The summed E-state index contributed by atoms with van der Waals surface area (Å²) in [5, 5.41) is 13.1. The molecule has 9 heteroatoms. The average molecular weight is 358 g/mol. The summed E-state index contributed by atoms with van der Waals surface area (Å²) >= 11 is 0. The summed E-state index contributed by atoms with van der Waals surface area (Å²) in [5.41, 5.74) is 0.839. The molecule has 2 aromatic heterocycles. The topological polar surface area (TPSA) is 97.7 Å². The first-order valence-corrected chi connectivity index (χ1v) is 8.58. The molecule has 3 heterocycles. The molecule has 2 N–H and O–H groups in total. The Hall–Kier alpha value is -2.81. The lowest BCUT2D eigenvalue weighted by atomic mass is 10.0. The number of carbonyl (C=O) groups excluding carboxylic acids is 1. The van der Waals surface area contributed by atoms with Crippen LogP contribution in [0.5, 0.6) is 0 Å². The molecule has 4 rings (SSSR count). The molecule has 2 atom stereocenters. The molecule has 0 bridgehead atoms. The van der Waals surface area contributed by atoms with Crippen molar-refractivity contribution in [1.29, 1.82) is 0 Å². The molecule has 0 aliphatic carbocycles. The van der Waals surface area contributed by atoms with Crippen LogP contribution < -0.4 is 5.32 Å². The van der Waals surface area contributed by atoms with E-state index in [1.54, 1.807) is 6.20 Å². The average Bonchev–Trinajstić information content (AvgIpc) is 3.37. The van der Waals surface area contributed by atoms with Crippen LogP contribution in [0, 0.1) is 11.7 Å². The number of halogens is 1. The number of amides is 1. The molecule has 1 aromatic carbocycles. The second-order valence-electron chi connectivity index (χ2n) is 6.27. The van der Waals surface area contributed by atoms with Crippen LogP contribution >= 0.6 is 0 Å². The molecular weight excluding hydrogens is 339 g/mol. The Kier molecular flexibility index (Phi) is 4.37. The number of nitrogens with zero attached hydrogens (tertiary/aromatic N) is 4. The molecule has 8 nitrogen and oxygen atoms in total. The Balaban J connectivity index is 1.49. The maximum atomic E-state index is 13.7. The maximum absolute atomic E-state index is 13.7. The largest absolute Gasteiger partial charge is 0.370 e. The van der Waals surface area contributed by atoms with Gasteiger partial charge in [0.2, 0.25) is 0 Å². The predicted molar refractivity (Wildman–Crippen MR) is 90.9 cm³/mol. The van der Waals surface area contributed by atoms with Crippen LogP contribution in [0.25, 0.3) is 11.0 Å². The van der Waals surface area contributed by atoms with E-state index in [-0.39, 0.29) is 23.5 Å². The van der Waals surface area contributed by atoms with Gasteiger partial charge in [0.05, 0.1) is 5.56 Å². The number of rotatable bonds is 5. The lowest BCUT2D eigenvalue weighted by Crippen LogP contribution is -2.31. The molecule has 136 valence electrons. The fourth-order valence-corrected chi connectivity index (χ4v) is 3.38. The van der Waals surface area contributed by atoms with Crippen LogP contribution in [-0.4, -0.2) is 44.0 Å². The first-order valence-electron chi connectivity index (χ1n) is 8.58. The second kappa shape index (κ2) is 6.83. The van der Waals surface area contributed by atoms with Crippen molar-refractivity contribution in [2.45, 2.75) is 26.0 Å². The molecule has 3 aromatic rings. The number of benzene rings is 1. The highest BCUT2D eigenvalue weighted by atomic mass is 19.1. The van der Waals surface area contributed by atoms with E-state index < -0.39 is 5.82 Å². The summed E-state index contributed by atoms with van der Waals surface area (Å²) in [6.45, 7) is 3.89. The number of nitrogens with one attached hydrogen (secondary N) is 2. The van der Waals surface area contributed by atoms with E-state index in [1.165, 1.54) is 12.1 Å². The van der Waals surface area contributed by atoms with Gasteiger partial charge in [0.25, 0.3) is 5.91 Å². The smallest absolute Gasteiger partial charge is 0.253 e. The number of aromatic nitrogens is 5. The third-order valence-electron chi connectivity index (χ3n) is 4.71. The Bertz CT molecular complexity index is 936. The number of carbonyl (C=O) groups is 1. The molecule has 1 aliphatic heterocycles. The number of aryl methyl sites for hydroxylation is 1. The maximum Gasteiger partial charge on any atom is 0.253 e. The van der Waals surface area contributed by atoms with Crippen molar-refractivity contribution in [1.82, 2.24) is 30.3 Å². The number of aromatic amines is 1. The van der Waals surface area contributed by atoms with E-state index in [2.05, 4.69) is 25.7 Å². The van der Waals surface area contributed by atoms with Gasteiger partial charge >= 0.3 is 0 Å². The highest BCUT2D eigenvalue weighted by Crippen LogP contribution is 2.33. The van der Waals surface area contributed by atoms with Crippen molar-refractivity contribution >= 4 is 16.9 Å². The molecule has 1 aliphatic rings. The Morgan fingerprint density at radius 3 is 3.19 bits per heavy atom. The molecule has 1 fully saturated rings. The Labute approximate surface area is 148 Å². The quantitative estimate of drug-likeness (QED) is 0.725. The molecule has 26 heavy (non-hydrogen) atoms. The first-order chi connectivity index (χ1) is 12.7. The number of fused-ring (bicyclic) bond motifs is 1. The van der Waals surface area contributed by atoms with E-state index in [1.807, 2.05) is 17.7 Å². The van der Waals surface area contributed by atoms with Gasteiger partial charge in [-0.1, -0.05) is 0 Å². The lowest BCUT2D eigenvalue weighted by Gasteiger charge is -2.19. The minimum Gasteiger partial charge on any atom is -0.370 e. The van der Waals surface area contributed by atoms with Crippen LogP contribution in [0.3, 0.4) is 0 Å². The molecule has 0 spiro atoms. The molecule has 0 saturated carbocycles. The fourth-order valence-electron chi connectivity index (χ4n) is 3.38. The van der Waals surface area contributed by atoms with E-state index in [4.69, 9.17) is 4.74 Å². The number of ether oxygens (including phenoxy) is 1. The Morgan fingerprint density at radius 1 is 1.46 bits per heavy atom.